The molecule has 0 aromatic heterocycles. The molecule has 2 rings (SSSR count). The summed E-state index contributed by atoms with van der Waals surface area (Å²) >= 11 is 11.8. The summed E-state index contributed by atoms with van der Waals surface area (Å²) in [5.74, 6) is -1.14. The van der Waals surface area contributed by atoms with Crippen molar-refractivity contribution in [3.05, 3.63) is 69.5 Å². The van der Waals surface area contributed by atoms with Gasteiger partial charge in [-0.05, 0) is 30.2 Å². The fourth-order valence-electron chi connectivity index (χ4n) is 2.62. The smallest absolute Gasteiger partial charge is 0.222 e. The zero-order valence-electron chi connectivity index (χ0n) is 14.4. The Kier molecular flexibility index (Phi) is 7.00. The standard InChI is InChI=1S/C19H19Cl2FN2O2/c1-11(14-8-17(22)16(21)9-15(14)20)23-19(26)10-18(24-12(2)25)13-6-4-3-5-7-13/h3-9,11,18H,10H2,1-2H3,(H,23,26)(H,24,25). The zero-order valence-corrected chi connectivity index (χ0v) is 15.9. The van der Waals surface area contributed by atoms with E-state index >= 15 is 0 Å². The molecule has 0 aliphatic carbocycles. The molecule has 138 valence electrons. The summed E-state index contributed by atoms with van der Waals surface area (Å²) in [7, 11) is 0. The average molecular weight is 397 g/mol. The third kappa shape index (κ3) is 5.44. The Hall–Kier alpha value is -2.11. The largest absolute Gasteiger partial charge is 0.349 e. The van der Waals surface area contributed by atoms with E-state index in [1.807, 2.05) is 30.3 Å². The van der Waals surface area contributed by atoms with E-state index < -0.39 is 17.9 Å². The minimum absolute atomic E-state index is 0.0433. The molecule has 0 heterocycles. The van der Waals surface area contributed by atoms with Crippen LogP contribution in [0.1, 0.15) is 43.5 Å². The average Bonchev–Trinajstić information content (AvgIpc) is 2.57. The minimum atomic E-state index is -0.604. The molecular weight excluding hydrogens is 378 g/mol. The van der Waals surface area contributed by atoms with Crippen molar-refractivity contribution in [1.29, 1.82) is 0 Å². The highest BCUT2D eigenvalue weighted by atomic mass is 35.5. The monoisotopic (exact) mass is 396 g/mol. The first-order valence-electron chi connectivity index (χ1n) is 8.03. The van der Waals surface area contributed by atoms with E-state index in [1.54, 1.807) is 6.92 Å². The van der Waals surface area contributed by atoms with E-state index in [2.05, 4.69) is 10.6 Å². The molecule has 0 saturated heterocycles. The highest BCUT2D eigenvalue weighted by Gasteiger charge is 2.20. The van der Waals surface area contributed by atoms with Crippen molar-refractivity contribution < 1.29 is 14.0 Å². The van der Waals surface area contributed by atoms with Crippen LogP contribution in [0.5, 0.6) is 0 Å². The summed E-state index contributed by atoms with van der Waals surface area (Å²) in [6, 6.07) is 10.7. The van der Waals surface area contributed by atoms with E-state index in [4.69, 9.17) is 23.2 Å². The first kappa shape index (κ1) is 20.2. The fraction of sp³-hybridized carbons (Fsp3) is 0.263. The maximum atomic E-state index is 13.7. The van der Waals surface area contributed by atoms with Crippen LogP contribution in [0.4, 0.5) is 4.39 Å². The van der Waals surface area contributed by atoms with Gasteiger partial charge in [0, 0.05) is 11.9 Å². The molecule has 0 saturated carbocycles. The maximum Gasteiger partial charge on any atom is 0.222 e. The van der Waals surface area contributed by atoms with E-state index in [0.717, 1.165) is 5.56 Å². The van der Waals surface area contributed by atoms with Crippen LogP contribution in [0, 0.1) is 5.82 Å². The third-order valence-electron chi connectivity index (χ3n) is 3.85. The number of rotatable bonds is 6. The molecule has 2 aromatic carbocycles. The van der Waals surface area contributed by atoms with Crippen LogP contribution >= 0.6 is 23.2 Å². The maximum absolute atomic E-state index is 13.7. The van der Waals surface area contributed by atoms with E-state index in [9.17, 15) is 14.0 Å². The number of hydrogen-bond acceptors (Lipinski definition) is 2. The van der Waals surface area contributed by atoms with E-state index in [0.29, 0.717) is 5.56 Å². The Labute approximate surface area is 161 Å². The molecule has 2 atom stereocenters. The quantitative estimate of drug-likeness (QED) is 0.702. The second-order valence-corrected chi connectivity index (χ2v) is 6.76. The summed E-state index contributed by atoms with van der Waals surface area (Å²) in [4.78, 5) is 23.9. The second-order valence-electron chi connectivity index (χ2n) is 5.94. The first-order chi connectivity index (χ1) is 12.3. The lowest BCUT2D eigenvalue weighted by atomic mass is 10.0. The summed E-state index contributed by atoms with van der Waals surface area (Å²) in [5, 5.41) is 5.73. The van der Waals surface area contributed by atoms with Gasteiger partial charge < -0.3 is 10.6 Å². The highest BCUT2D eigenvalue weighted by Crippen LogP contribution is 2.29. The van der Waals surface area contributed by atoms with Crippen LogP contribution < -0.4 is 10.6 Å². The van der Waals surface area contributed by atoms with Crippen LogP contribution in [0.3, 0.4) is 0 Å². The summed E-state index contributed by atoms with van der Waals surface area (Å²) in [5.41, 5.74) is 1.25. The van der Waals surface area contributed by atoms with Crippen molar-refractivity contribution >= 4 is 35.0 Å². The Balaban J connectivity index is 2.10. The number of carbonyl (C=O) groups is 2. The van der Waals surface area contributed by atoms with Gasteiger partial charge in [0.2, 0.25) is 11.8 Å². The lowest BCUT2D eigenvalue weighted by Gasteiger charge is -2.21. The minimum Gasteiger partial charge on any atom is -0.349 e. The van der Waals surface area contributed by atoms with Crippen LogP contribution in [-0.2, 0) is 9.59 Å². The number of nitrogens with one attached hydrogen (secondary N) is 2. The van der Waals surface area contributed by atoms with Gasteiger partial charge in [-0.2, -0.15) is 0 Å². The molecule has 4 nitrogen and oxygen atoms in total. The number of amides is 2. The number of hydrogen-bond donors (Lipinski definition) is 2. The number of carbonyl (C=O) groups excluding carboxylic acids is 2. The van der Waals surface area contributed by atoms with Crippen LogP contribution in [0.25, 0.3) is 0 Å². The van der Waals surface area contributed by atoms with Crippen molar-refractivity contribution in [2.45, 2.75) is 32.4 Å². The summed E-state index contributed by atoms with van der Waals surface area (Å²) in [6.45, 7) is 3.09. The van der Waals surface area contributed by atoms with Gasteiger partial charge in [0.1, 0.15) is 5.82 Å². The number of halogens is 3. The topological polar surface area (TPSA) is 58.2 Å². The van der Waals surface area contributed by atoms with Crippen LogP contribution in [-0.4, -0.2) is 11.8 Å². The third-order valence-corrected chi connectivity index (χ3v) is 4.47. The van der Waals surface area contributed by atoms with Crippen molar-refractivity contribution in [3.63, 3.8) is 0 Å². The molecule has 26 heavy (non-hydrogen) atoms. The molecule has 0 bridgehead atoms. The first-order valence-corrected chi connectivity index (χ1v) is 8.79. The molecule has 0 radical (unpaired) electrons. The Morgan fingerprint density at radius 3 is 2.35 bits per heavy atom. The highest BCUT2D eigenvalue weighted by molar-refractivity contribution is 6.35. The Morgan fingerprint density at radius 1 is 1.08 bits per heavy atom. The summed E-state index contributed by atoms with van der Waals surface area (Å²) < 4.78 is 13.7. The molecule has 2 N–H and O–H groups in total. The predicted molar refractivity (Wildman–Crippen MR) is 101 cm³/mol. The van der Waals surface area contributed by atoms with E-state index in [-0.39, 0.29) is 28.3 Å². The van der Waals surface area contributed by atoms with Crippen molar-refractivity contribution in [1.82, 2.24) is 10.6 Å². The van der Waals surface area contributed by atoms with Gasteiger partial charge in [-0.3, -0.25) is 9.59 Å². The SMILES string of the molecule is CC(=O)NC(CC(=O)NC(C)c1cc(F)c(Cl)cc1Cl)c1ccccc1. The molecule has 0 spiro atoms. The predicted octanol–water partition coefficient (Wildman–Crippen LogP) is 4.58. The zero-order chi connectivity index (χ0) is 19.3. The Morgan fingerprint density at radius 2 is 1.73 bits per heavy atom. The van der Waals surface area contributed by atoms with Gasteiger partial charge in [0.05, 0.1) is 23.5 Å². The molecular formula is C19H19Cl2FN2O2. The van der Waals surface area contributed by atoms with Gasteiger partial charge >= 0.3 is 0 Å². The van der Waals surface area contributed by atoms with Crippen molar-refractivity contribution in [3.8, 4) is 0 Å². The molecule has 2 amide bonds. The van der Waals surface area contributed by atoms with Crippen LogP contribution in [0.2, 0.25) is 10.0 Å². The lowest BCUT2D eigenvalue weighted by Crippen LogP contribution is -2.33. The molecule has 2 aromatic rings. The van der Waals surface area contributed by atoms with Crippen LogP contribution in [0.15, 0.2) is 42.5 Å². The van der Waals surface area contributed by atoms with Gasteiger partial charge in [-0.25, -0.2) is 4.39 Å². The normalized spacial score (nSPS) is 13.0. The van der Waals surface area contributed by atoms with E-state index in [1.165, 1.54) is 19.1 Å². The van der Waals surface area contributed by atoms with Crippen molar-refractivity contribution in [2.24, 2.45) is 0 Å². The Bertz CT molecular complexity index is 800. The molecule has 7 heteroatoms. The fourth-order valence-corrected chi connectivity index (χ4v) is 3.16. The second kappa shape index (κ2) is 9.01. The van der Waals surface area contributed by atoms with Gasteiger partial charge in [0.15, 0.2) is 0 Å². The van der Waals surface area contributed by atoms with Crippen molar-refractivity contribution in [2.75, 3.05) is 0 Å². The molecule has 0 aliphatic heterocycles. The summed E-state index contributed by atoms with van der Waals surface area (Å²) in [6.07, 6.45) is 0.0433. The number of benzene rings is 2. The van der Waals surface area contributed by atoms with Gasteiger partial charge in [-0.15, -0.1) is 0 Å². The molecule has 0 fully saturated rings. The lowest BCUT2D eigenvalue weighted by molar-refractivity contribution is -0.123. The molecule has 2 unspecified atom stereocenters. The molecule has 0 aliphatic rings. The van der Waals surface area contributed by atoms with Gasteiger partial charge in [0.25, 0.3) is 0 Å². The van der Waals surface area contributed by atoms with Gasteiger partial charge in [-0.1, -0.05) is 53.5 Å².